The Kier molecular flexibility index (Phi) is 5.91. The number of rotatable bonds is 6. The molecule has 1 fully saturated rings. The monoisotopic (exact) mass is 307 g/mol. The highest BCUT2D eigenvalue weighted by atomic mass is 16.8. The van der Waals surface area contributed by atoms with Crippen LogP contribution < -0.4 is 5.48 Å². The van der Waals surface area contributed by atoms with Crippen LogP contribution in [0.3, 0.4) is 0 Å². The van der Waals surface area contributed by atoms with Crippen LogP contribution in [0.4, 0.5) is 0 Å². The van der Waals surface area contributed by atoms with Crippen LogP contribution in [0.2, 0.25) is 0 Å². The molecule has 2 rings (SSSR count). The lowest BCUT2D eigenvalue weighted by molar-refractivity contribution is -0.186. The highest BCUT2D eigenvalue weighted by molar-refractivity contribution is 5.96. The van der Waals surface area contributed by atoms with Crippen LogP contribution in [0, 0.1) is 0 Å². The van der Waals surface area contributed by atoms with Crippen molar-refractivity contribution in [3.8, 4) is 0 Å². The van der Waals surface area contributed by atoms with Crippen LogP contribution in [0.1, 0.15) is 54.4 Å². The van der Waals surface area contributed by atoms with E-state index in [1.165, 1.54) is 0 Å². The Morgan fingerprint density at radius 2 is 2.18 bits per heavy atom. The Hall–Kier alpha value is -1.92. The summed E-state index contributed by atoms with van der Waals surface area (Å²) in [5, 5.41) is 9.28. The van der Waals surface area contributed by atoms with Crippen LogP contribution in [0.25, 0.3) is 0 Å². The number of benzene rings is 1. The second-order valence-electron chi connectivity index (χ2n) is 5.23. The third-order valence-electron chi connectivity index (χ3n) is 3.71. The Morgan fingerprint density at radius 1 is 1.41 bits per heavy atom. The molecule has 1 aliphatic heterocycles. The minimum atomic E-state index is -0.945. The van der Waals surface area contributed by atoms with Crippen molar-refractivity contribution >= 4 is 11.9 Å². The maximum atomic E-state index is 12.3. The van der Waals surface area contributed by atoms with Gasteiger partial charge in [0.1, 0.15) is 0 Å². The average Bonchev–Trinajstić information content (AvgIpc) is 2.54. The van der Waals surface area contributed by atoms with Crippen molar-refractivity contribution < 1.29 is 24.3 Å². The zero-order valence-corrected chi connectivity index (χ0v) is 12.6. The number of amides is 1. The highest BCUT2D eigenvalue weighted by Gasteiger charge is 2.24. The minimum Gasteiger partial charge on any atom is -0.481 e. The van der Waals surface area contributed by atoms with Crippen molar-refractivity contribution in [2.75, 3.05) is 6.61 Å². The number of hydrogen-bond acceptors (Lipinski definition) is 4. The smallest absolute Gasteiger partial charge is 0.310 e. The van der Waals surface area contributed by atoms with Crippen LogP contribution >= 0.6 is 0 Å². The number of aliphatic carboxylic acids is 1. The van der Waals surface area contributed by atoms with E-state index in [0.717, 1.165) is 19.3 Å². The van der Waals surface area contributed by atoms with Gasteiger partial charge in [0.15, 0.2) is 6.29 Å². The maximum absolute atomic E-state index is 12.3. The topological polar surface area (TPSA) is 84.9 Å². The molecule has 0 spiro atoms. The fourth-order valence-corrected chi connectivity index (χ4v) is 2.51. The van der Waals surface area contributed by atoms with Crippen molar-refractivity contribution in [2.24, 2.45) is 0 Å². The number of carboxylic acids is 1. The molecule has 2 N–H and O–H groups in total. The molecule has 22 heavy (non-hydrogen) atoms. The van der Waals surface area contributed by atoms with Crippen LogP contribution in [-0.4, -0.2) is 29.9 Å². The number of carbonyl (C=O) groups is 2. The largest absolute Gasteiger partial charge is 0.481 e. The first-order valence-corrected chi connectivity index (χ1v) is 7.52. The van der Waals surface area contributed by atoms with E-state index in [4.69, 9.17) is 9.57 Å². The molecule has 2 unspecified atom stereocenters. The van der Waals surface area contributed by atoms with Gasteiger partial charge in [-0.15, -0.1) is 0 Å². The Labute approximate surface area is 129 Å². The average molecular weight is 307 g/mol. The van der Waals surface area contributed by atoms with Gasteiger partial charge in [-0.2, -0.15) is 0 Å². The SMILES string of the molecule is CCC(C(=O)O)c1ccccc1C(=O)NOC1CCCCO1. The molecule has 0 radical (unpaired) electrons. The number of carboxylic acid groups (broad SMARTS) is 1. The van der Waals surface area contributed by atoms with Crippen LogP contribution in [0.15, 0.2) is 24.3 Å². The molecule has 0 aromatic heterocycles. The van der Waals surface area contributed by atoms with Crippen molar-refractivity contribution in [3.63, 3.8) is 0 Å². The van der Waals surface area contributed by atoms with Gasteiger partial charge in [0.05, 0.1) is 5.92 Å². The molecule has 2 atom stereocenters. The molecule has 1 heterocycles. The summed E-state index contributed by atoms with van der Waals surface area (Å²) in [7, 11) is 0. The summed E-state index contributed by atoms with van der Waals surface area (Å²) in [5.41, 5.74) is 3.17. The Balaban J connectivity index is 2.07. The second-order valence-corrected chi connectivity index (χ2v) is 5.23. The van der Waals surface area contributed by atoms with Gasteiger partial charge < -0.3 is 9.84 Å². The molecule has 1 aromatic rings. The number of hydroxylamine groups is 1. The third-order valence-corrected chi connectivity index (χ3v) is 3.71. The second kappa shape index (κ2) is 7.91. The summed E-state index contributed by atoms with van der Waals surface area (Å²) in [6.07, 6.45) is 2.69. The van der Waals surface area contributed by atoms with Crippen molar-refractivity contribution in [2.45, 2.75) is 44.8 Å². The first-order valence-electron chi connectivity index (χ1n) is 7.52. The molecule has 1 aromatic carbocycles. The van der Waals surface area contributed by atoms with Gasteiger partial charge in [-0.05, 0) is 30.9 Å². The highest BCUT2D eigenvalue weighted by Crippen LogP contribution is 2.24. The van der Waals surface area contributed by atoms with Gasteiger partial charge in [-0.3, -0.25) is 9.59 Å². The van der Waals surface area contributed by atoms with Crippen molar-refractivity contribution in [3.05, 3.63) is 35.4 Å². The van der Waals surface area contributed by atoms with Gasteiger partial charge in [0, 0.05) is 18.6 Å². The molecular weight excluding hydrogens is 286 g/mol. The summed E-state index contributed by atoms with van der Waals surface area (Å²) in [4.78, 5) is 28.9. The summed E-state index contributed by atoms with van der Waals surface area (Å²) < 4.78 is 5.37. The van der Waals surface area contributed by atoms with Gasteiger partial charge >= 0.3 is 5.97 Å². The summed E-state index contributed by atoms with van der Waals surface area (Å²) in [6, 6.07) is 6.68. The van der Waals surface area contributed by atoms with E-state index in [0.29, 0.717) is 24.2 Å². The molecule has 0 aliphatic carbocycles. The Morgan fingerprint density at radius 3 is 2.82 bits per heavy atom. The first kappa shape index (κ1) is 16.5. The van der Waals surface area contributed by atoms with E-state index >= 15 is 0 Å². The minimum absolute atomic E-state index is 0.313. The molecule has 0 saturated carbocycles. The molecule has 120 valence electrons. The molecule has 1 aliphatic rings. The molecule has 1 amide bonds. The molecule has 6 heteroatoms. The quantitative estimate of drug-likeness (QED) is 0.789. The number of carbonyl (C=O) groups excluding carboxylic acids is 1. The van der Waals surface area contributed by atoms with Gasteiger partial charge in [0.25, 0.3) is 5.91 Å². The molecule has 6 nitrogen and oxygen atoms in total. The van der Waals surface area contributed by atoms with E-state index in [1.54, 1.807) is 31.2 Å². The van der Waals surface area contributed by atoms with E-state index in [-0.39, 0.29) is 0 Å². The lowest BCUT2D eigenvalue weighted by Crippen LogP contribution is -2.33. The first-order chi connectivity index (χ1) is 10.6. The zero-order valence-electron chi connectivity index (χ0n) is 12.6. The van der Waals surface area contributed by atoms with Crippen molar-refractivity contribution in [1.82, 2.24) is 5.48 Å². The van der Waals surface area contributed by atoms with Gasteiger partial charge in [-0.25, -0.2) is 10.3 Å². The number of hydrogen-bond donors (Lipinski definition) is 2. The summed E-state index contributed by atoms with van der Waals surface area (Å²) >= 11 is 0. The predicted molar refractivity (Wildman–Crippen MR) is 79.3 cm³/mol. The normalized spacial score (nSPS) is 19.4. The molecule has 1 saturated heterocycles. The lowest BCUT2D eigenvalue weighted by atomic mass is 9.92. The molecular formula is C16H21NO5. The number of ether oxygens (including phenoxy) is 1. The zero-order chi connectivity index (χ0) is 15.9. The molecule has 0 bridgehead atoms. The van der Waals surface area contributed by atoms with E-state index < -0.39 is 24.1 Å². The predicted octanol–water partition coefficient (Wildman–Crippen LogP) is 2.45. The van der Waals surface area contributed by atoms with Gasteiger partial charge in [-0.1, -0.05) is 25.1 Å². The van der Waals surface area contributed by atoms with Crippen LogP contribution in [0.5, 0.6) is 0 Å². The fraction of sp³-hybridized carbons (Fsp3) is 0.500. The van der Waals surface area contributed by atoms with Gasteiger partial charge in [0.2, 0.25) is 0 Å². The summed E-state index contributed by atoms with van der Waals surface area (Å²) in [6.45, 7) is 2.40. The van der Waals surface area contributed by atoms with Crippen LogP contribution in [-0.2, 0) is 14.4 Å². The third kappa shape index (κ3) is 4.05. The van der Waals surface area contributed by atoms with E-state index in [2.05, 4.69) is 5.48 Å². The number of nitrogens with one attached hydrogen (secondary N) is 1. The maximum Gasteiger partial charge on any atom is 0.310 e. The van der Waals surface area contributed by atoms with Crippen molar-refractivity contribution in [1.29, 1.82) is 0 Å². The Bertz CT molecular complexity index is 525. The lowest BCUT2D eigenvalue weighted by Gasteiger charge is -2.22. The summed E-state index contributed by atoms with van der Waals surface area (Å²) in [5.74, 6) is -2.11. The standard InChI is InChI=1S/C16H21NO5/c1-2-11(16(19)20)12-7-3-4-8-13(12)15(18)17-22-14-9-5-6-10-21-14/h3-4,7-8,11,14H,2,5-6,9-10H2,1H3,(H,17,18)(H,19,20). The van der Waals surface area contributed by atoms with E-state index in [9.17, 15) is 14.7 Å². The van der Waals surface area contributed by atoms with E-state index in [1.807, 2.05) is 0 Å². The fourth-order valence-electron chi connectivity index (χ4n) is 2.51.